The molecule has 0 aliphatic carbocycles. The summed E-state index contributed by atoms with van der Waals surface area (Å²) in [6.07, 6.45) is 0. The number of benzene rings is 2. The van der Waals surface area contributed by atoms with Crippen LogP contribution in [0.3, 0.4) is 0 Å². The molecule has 1 heterocycles. The second-order valence-corrected chi connectivity index (χ2v) is 6.95. The number of hydrogen-bond acceptors (Lipinski definition) is 7. The van der Waals surface area contributed by atoms with Crippen LogP contribution in [0.4, 0.5) is 15.8 Å². The molecule has 3 rings (SSSR count). The Bertz CT molecular complexity index is 1030. The lowest BCUT2D eigenvalue weighted by Crippen LogP contribution is -2.51. The summed E-state index contributed by atoms with van der Waals surface area (Å²) in [5.74, 6) is -3.46. The van der Waals surface area contributed by atoms with Crippen LogP contribution < -0.4 is 10.2 Å². The predicted octanol–water partition coefficient (Wildman–Crippen LogP) is 1.69. The highest BCUT2D eigenvalue weighted by Crippen LogP contribution is 2.21. The van der Waals surface area contributed by atoms with E-state index in [1.54, 1.807) is 12.1 Å². The van der Waals surface area contributed by atoms with E-state index < -0.39 is 23.8 Å². The van der Waals surface area contributed by atoms with E-state index in [1.165, 1.54) is 49.5 Å². The van der Waals surface area contributed by atoms with Gasteiger partial charge in [0.2, 0.25) is 0 Å². The van der Waals surface area contributed by atoms with E-state index in [-0.39, 0.29) is 35.7 Å². The molecule has 1 saturated heterocycles. The molecule has 0 unspecified atom stereocenters. The first-order valence-corrected chi connectivity index (χ1v) is 9.75. The molecule has 1 N–H and O–H groups in total. The third-order valence-electron chi connectivity index (χ3n) is 5.05. The molecule has 9 nitrogen and oxygen atoms in total. The molecule has 168 valence electrons. The number of carbonyl (C=O) groups excluding carboxylic acids is 4. The molecule has 1 aliphatic heterocycles. The molecule has 0 atom stereocenters. The van der Waals surface area contributed by atoms with Gasteiger partial charge >= 0.3 is 23.8 Å². The van der Waals surface area contributed by atoms with Crippen molar-refractivity contribution < 1.29 is 33.0 Å². The van der Waals surface area contributed by atoms with Crippen molar-refractivity contribution in [2.45, 2.75) is 0 Å². The summed E-state index contributed by atoms with van der Waals surface area (Å²) in [6, 6.07) is 9.94. The molecular weight excluding hydrogens is 421 g/mol. The second kappa shape index (κ2) is 9.90. The number of carbonyl (C=O) groups is 4. The van der Waals surface area contributed by atoms with Gasteiger partial charge in [0, 0.05) is 31.9 Å². The van der Waals surface area contributed by atoms with Gasteiger partial charge in [-0.1, -0.05) is 0 Å². The predicted molar refractivity (Wildman–Crippen MR) is 113 cm³/mol. The van der Waals surface area contributed by atoms with Gasteiger partial charge in [-0.25, -0.2) is 14.0 Å². The Labute approximate surface area is 183 Å². The van der Waals surface area contributed by atoms with Gasteiger partial charge in [0.05, 0.1) is 31.0 Å². The Morgan fingerprint density at radius 3 is 2.09 bits per heavy atom. The molecule has 0 bridgehead atoms. The monoisotopic (exact) mass is 443 g/mol. The number of methoxy groups -OCH3 is 2. The van der Waals surface area contributed by atoms with Crippen LogP contribution in [-0.4, -0.2) is 69.1 Å². The van der Waals surface area contributed by atoms with Crippen molar-refractivity contribution in [2.75, 3.05) is 50.6 Å². The Hall–Kier alpha value is -3.95. The van der Waals surface area contributed by atoms with Gasteiger partial charge in [-0.05, 0) is 42.5 Å². The van der Waals surface area contributed by atoms with E-state index in [0.29, 0.717) is 13.1 Å². The van der Waals surface area contributed by atoms with Crippen LogP contribution in [-0.2, 0) is 19.1 Å². The molecule has 2 aromatic carbocycles. The number of ether oxygens (including phenoxy) is 2. The van der Waals surface area contributed by atoms with Gasteiger partial charge in [-0.2, -0.15) is 0 Å². The summed E-state index contributed by atoms with van der Waals surface area (Å²) < 4.78 is 22.5. The zero-order valence-corrected chi connectivity index (χ0v) is 17.6. The van der Waals surface area contributed by atoms with Crippen LogP contribution in [0.1, 0.15) is 20.7 Å². The standard InChI is InChI=1S/C22H22FN3O6/c1-31-21(29)14-3-8-17(22(30)32-2)18(13-14)24-19(27)20(28)26-11-9-25(10-12-26)16-6-4-15(23)5-7-16/h3-8,13H,9-12H2,1-2H3,(H,24,27). The lowest BCUT2D eigenvalue weighted by molar-refractivity contribution is -0.143. The summed E-state index contributed by atoms with van der Waals surface area (Å²) in [6.45, 7) is 1.51. The lowest BCUT2D eigenvalue weighted by Gasteiger charge is -2.35. The van der Waals surface area contributed by atoms with Gasteiger partial charge in [-0.3, -0.25) is 9.59 Å². The molecule has 2 amide bonds. The third kappa shape index (κ3) is 5.02. The zero-order chi connectivity index (χ0) is 23.3. The highest BCUT2D eigenvalue weighted by molar-refractivity contribution is 6.40. The van der Waals surface area contributed by atoms with E-state index >= 15 is 0 Å². The van der Waals surface area contributed by atoms with Crippen LogP contribution in [0.5, 0.6) is 0 Å². The number of piperazine rings is 1. The Morgan fingerprint density at radius 1 is 0.875 bits per heavy atom. The van der Waals surface area contributed by atoms with E-state index in [4.69, 9.17) is 4.74 Å². The first-order chi connectivity index (χ1) is 15.3. The van der Waals surface area contributed by atoms with Crippen molar-refractivity contribution >= 4 is 35.1 Å². The van der Waals surface area contributed by atoms with Gasteiger partial charge in [0.1, 0.15) is 5.82 Å². The largest absolute Gasteiger partial charge is 0.465 e. The number of nitrogens with one attached hydrogen (secondary N) is 1. The van der Waals surface area contributed by atoms with E-state index in [0.717, 1.165) is 5.69 Å². The number of amides is 2. The van der Waals surface area contributed by atoms with Gasteiger partial charge < -0.3 is 24.6 Å². The Morgan fingerprint density at radius 2 is 1.50 bits per heavy atom. The first kappa shape index (κ1) is 22.7. The van der Waals surface area contributed by atoms with Crippen molar-refractivity contribution in [3.05, 3.63) is 59.4 Å². The van der Waals surface area contributed by atoms with Crippen molar-refractivity contribution in [1.82, 2.24) is 4.90 Å². The zero-order valence-electron chi connectivity index (χ0n) is 17.6. The van der Waals surface area contributed by atoms with Crippen LogP contribution in [0.25, 0.3) is 0 Å². The fourth-order valence-corrected chi connectivity index (χ4v) is 3.32. The van der Waals surface area contributed by atoms with Crippen LogP contribution >= 0.6 is 0 Å². The van der Waals surface area contributed by atoms with Crippen molar-refractivity contribution in [3.8, 4) is 0 Å². The Kier molecular flexibility index (Phi) is 7.04. The minimum atomic E-state index is -0.951. The second-order valence-electron chi connectivity index (χ2n) is 6.95. The first-order valence-electron chi connectivity index (χ1n) is 9.75. The van der Waals surface area contributed by atoms with Gasteiger partial charge in [0.15, 0.2) is 0 Å². The van der Waals surface area contributed by atoms with Crippen LogP contribution in [0.15, 0.2) is 42.5 Å². The molecular formula is C22H22FN3O6. The normalized spacial score (nSPS) is 13.3. The van der Waals surface area contributed by atoms with Crippen molar-refractivity contribution in [2.24, 2.45) is 0 Å². The maximum Gasteiger partial charge on any atom is 0.339 e. The fraction of sp³-hybridized carbons (Fsp3) is 0.273. The fourth-order valence-electron chi connectivity index (χ4n) is 3.32. The van der Waals surface area contributed by atoms with Crippen molar-refractivity contribution in [3.63, 3.8) is 0 Å². The van der Waals surface area contributed by atoms with Gasteiger partial charge in [0.25, 0.3) is 0 Å². The summed E-state index contributed by atoms with van der Waals surface area (Å²) in [5.41, 5.74) is 0.867. The smallest absolute Gasteiger partial charge is 0.339 e. The molecule has 1 fully saturated rings. The van der Waals surface area contributed by atoms with Crippen molar-refractivity contribution in [1.29, 1.82) is 0 Å². The van der Waals surface area contributed by atoms with E-state index in [1.807, 2.05) is 4.90 Å². The number of esters is 2. The highest BCUT2D eigenvalue weighted by atomic mass is 19.1. The summed E-state index contributed by atoms with van der Waals surface area (Å²) in [4.78, 5) is 52.4. The maximum absolute atomic E-state index is 13.1. The molecule has 0 spiro atoms. The maximum atomic E-state index is 13.1. The molecule has 0 radical (unpaired) electrons. The SMILES string of the molecule is COC(=O)c1ccc(C(=O)OC)c(NC(=O)C(=O)N2CCN(c3ccc(F)cc3)CC2)c1. The third-order valence-corrected chi connectivity index (χ3v) is 5.05. The average molecular weight is 443 g/mol. The van der Waals surface area contributed by atoms with E-state index in [9.17, 15) is 23.6 Å². The minimum Gasteiger partial charge on any atom is -0.465 e. The van der Waals surface area contributed by atoms with Crippen LogP contribution in [0, 0.1) is 5.82 Å². The topological polar surface area (TPSA) is 105 Å². The molecule has 1 aliphatic rings. The molecule has 0 aromatic heterocycles. The van der Waals surface area contributed by atoms with E-state index in [2.05, 4.69) is 10.1 Å². The molecule has 32 heavy (non-hydrogen) atoms. The number of hydrogen-bond donors (Lipinski definition) is 1. The summed E-state index contributed by atoms with van der Waals surface area (Å²) in [5, 5.41) is 2.40. The lowest BCUT2D eigenvalue weighted by atomic mass is 10.1. The van der Waals surface area contributed by atoms with Gasteiger partial charge in [-0.15, -0.1) is 0 Å². The molecule has 10 heteroatoms. The average Bonchev–Trinajstić information content (AvgIpc) is 2.83. The highest BCUT2D eigenvalue weighted by Gasteiger charge is 2.27. The summed E-state index contributed by atoms with van der Waals surface area (Å²) in [7, 11) is 2.37. The molecule has 0 saturated carbocycles. The number of nitrogens with zero attached hydrogens (tertiary/aromatic N) is 2. The Balaban J connectivity index is 1.69. The number of rotatable bonds is 4. The molecule has 2 aromatic rings. The summed E-state index contributed by atoms with van der Waals surface area (Å²) >= 11 is 0. The minimum absolute atomic E-state index is 0.0116. The quantitative estimate of drug-likeness (QED) is 0.566. The van der Waals surface area contributed by atoms with Crippen LogP contribution in [0.2, 0.25) is 0 Å². The number of halogens is 1. The number of anilines is 2.